The van der Waals surface area contributed by atoms with Gasteiger partial charge < -0.3 is 23.7 Å². The van der Waals surface area contributed by atoms with Crippen LogP contribution in [-0.4, -0.2) is 52.8 Å². The summed E-state index contributed by atoms with van der Waals surface area (Å²) >= 11 is 0. The second kappa shape index (κ2) is 6.83. The number of hydrogen-bond acceptors (Lipinski definition) is 7. The van der Waals surface area contributed by atoms with Gasteiger partial charge in [-0.1, -0.05) is 26.3 Å². The average molecular weight is 501 g/mol. The van der Waals surface area contributed by atoms with Crippen molar-refractivity contribution in [3.8, 4) is 0 Å². The molecule has 6 fully saturated rings. The van der Waals surface area contributed by atoms with Crippen molar-refractivity contribution < 1.29 is 33.3 Å². The van der Waals surface area contributed by atoms with E-state index >= 15 is 0 Å². The van der Waals surface area contributed by atoms with Crippen molar-refractivity contribution in [1.82, 2.24) is 0 Å². The Labute approximate surface area is 213 Å². The number of ketones is 1. The van der Waals surface area contributed by atoms with E-state index in [1.54, 1.807) is 0 Å². The molecule has 198 valence electrons. The van der Waals surface area contributed by atoms with Crippen LogP contribution in [0.15, 0.2) is 11.6 Å². The monoisotopic (exact) mass is 500 g/mol. The molecule has 7 heteroatoms. The maximum absolute atomic E-state index is 14.0. The smallest absolute Gasteiger partial charge is 0.306 e. The quantitative estimate of drug-likeness (QED) is 0.412. The van der Waals surface area contributed by atoms with Crippen LogP contribution in [0.3, 0.4) is 0 Å². The zero-order chi connectivity index (χ0) is 25.6. The lowest BCUT2D eigenvalue weighted by molar-refractivity contribution is -0.385. The van der Waals surface area contributed by atoms with Crippen LogP contribution in [-0.2, 0) is 33.3 Å². The molecule has 0 aromatic rings. The maximum atomic E-state index is 14.0. The lowest BCUT2D eigenvalue weighted by Crippen LogP contribution is -2.57. The zero-order valence-electron chi connectivity index (χ0n) is 22.6. The Morgan fingerprint density at radius 3 is 2.47 bits per heavy atom. The van der Waals surface area contributed by atoms with Gasteiger partial charge in [0.05, 0.1) is 17.8 Å². The number of allylic oxidation sites excluding steroid dienone is 1. The van der Waals surface area contributed by atoms with Gasteiger partial charge in [0.2, 0.25) is 0 Å². The number of hydrogen-bond donors (Lipinski definition) is 0. The van der Waals surface area contributed by atoms with Gasteiger partial charge in [0, 0.05) is 43.4 Å². The largest absolute Gasteiger partial charge is 0.456 e. The zero-order valence-corrected chi connectivity index (χ0v) is 22.6. The molecular formula is C29H40O7. The minimum atomic E-state index is -1.06. The van der Waals surface area contributed by atoms with E-state index in [1.807, 2.05) is 13.0 Å². The summed E-state index contributed by atoms with van der Waals surface area (Å²) in [5, 5.41) is 0. The third-order valence-corrected chi connectivity index (χ3v) is 11.9. The van der Waals surface area contributed by atoms with E-state index in [0.29, 0.717) is 12.8 Å². The van der Waals surface area contributed by atoms with E-state index in [-0.39, 0.29) is 59.7 Å². The molecule has 0 amide bonds. The van der Waals surface area contributed by atoms with Gasteiger partial charge in [0.15, 0.2) is 5.78 Å². The molecule has 3 aliphatic carbocycles. The average Bonchev–Trinajstić information content (AvgIpc) is 3.32. The van der Waals surface area contributed by atoms with Crippen molar-refractivity contribution in [2.75, 3.05) is 0 Å². The van der Waals surface area contributed by atoms with E-state index in [0.717, 1.165) is 24.8 Å². The van der Waals surface area contributed by atoms with Crippen LogP contribution in [0.5, 0.6) is 0 Å². The van der Waals surface area contributed by atoms with Gasteiger partial charge >= 0.3 is 5.97 Å². The number of rotatable bonds is 2. The Bertz CT molecular complexity index is 1080. The summed E-state index contributed by atoms with van der Waals surface area (Å²) in [6.45, 7) is 14.7. The van der Waals surface area contributed by atoms with E-state index in [9.17, 15) is 9.59 Å². The highest BCUT2D eigenvalue weighted by Crippen LogP contribution is 2.67. The van der Waals surface area contributed by atoms with Gasteiger partial charge in [-0.3, -0.25) is 9.59 Å². The van der Waals surface area contributed by atoms with Crippen LogP contribution in [0.2, 0.25) is 0 Å². The van der Waals surface area contributed by atoms with Gasteiger partial charge in [-0.25, -0.2) is 0 Å². The minimum Gasteiger partial charge on any atom is -0.456 e. The highest BCUT2D eigenvalue weighted by molar-refractivity contribution is 5.97. The summed E-state index contributed by atoms with van der Waals surface area (Å²) in [6, 6.07) is 0. The van der Waals surface area contributed by atoms with Crippen molar-refractivity contribution in [2.24, 2.45) is 35.0 Å². The molecule has 0 aromatic heterocycles. The SMILES string of the molecule is C[C@@H](C1CCC2C3C(=CC(=O)[C@@]21C)[C@H](C)[C@]1(CCC(=O)O1)C1OC31)[C@H]1C[C@]2(C)O[C@@](C)(O1)OC2(C)C. The number of fused-ring (bicyclic) bond motifs is 8. The Hall–Kier alpha value is -1.28. The molecule has 1 spiro atoms. The predicted molar refractivity (Wildman–Crippen MR) is 128 cm³/mol. The van der Waals surface area contributed by atoms with E-state index in [4.69, 9.17) is 23.7 Å². The molecule has 5 unspecified atom stereocenters. The molecule has 0 radical (unpaired) electrons. The van der Waals surface area contributed by atoms with E-state index in [1.165, 1.54) is 0 Å². The third kappa shape index (κ3) is 2.73. The fourth-order valence-corrected chi connectivity index (χ4v) is 9.58. The summed E-state index contributed by atoms with van der Waals surface area (Å²) in [6.07, 6.45) is 5.75. The standard InChI is InChI=1S/C29H40O7/c1-14(19-13-26(5)25(3,4)35-28(7,33-19)36-26)17-8-9-18-22-16(12-20(30)27(17,18)6)15(2)29(24-23(22)32-24)11-10-21(31)34-29/h12,14-15,17-19,22-24H,8-11,13H2,1-7H3/t14-,15-,17?,18?,19+,22?,23?,24?,26-,27+,28-,29+/m0/s1. The molecular weight excluding hydrogens is 460 g/mol. The second-order valence-electron chi connectivity index (χ2n) is 13.8. The molecule has 0 N–H and O–H groups in total. The number of epoxide rings is 1. The van der Waals surface area contributed by atoms with Gasteiger partial charge in [-0.15, -0.1) is 0 Å². The van der Waals surface area contributed by atoms with Gasteiger partial charge in [-0.05, 0) is 57.4 Å². The molecule has 4 heterocycles. The van der Waals surface area contributed by atoms with Crippen molar-refractivity contribution in [1.29, 1.82) is 0 Å². The number of ether oxygens (including phenoxy) is 5. The summed E-state index contributed by atoms with van der Waals surface area (Å²) in [4.78, 5) is 26.1. The normalized spacial score (nSPS) is 57.1. The molecule has 2 bridgehead atoms. The highest BCUT2D eigenvalue weighted by atomic mass is 16.9. The number of esters is 1. The molecule has 7 rings (SSSR count). The third-order valence-electron chi connectivity index (χ3n) is 11.9. The van der Waals surface area contributed by atoms with Gasteiger partial charge in [-0.2, -0.15) is 0 Å². The molecule has 0 aromatic carbocycles. The van der Waals surface area contributed by atoms with E-state index < -0.39 is 28.2 Å². The van der Waals surface area contributed by atoms with Crippen molar-refractivity contribution in [3.05, 3.63) is 11.6 Å². The number of carbonyl (C=O) groups is 2. The van der Waals surface area contributed by atoms with Crippen molar-refractivity contribution in [3.63, 3.8) is 0 Å². The molecule has 36 heavy (non-hydrogen) atoms. The van der Waals surface area contributed by atoms with Gasteiger partial charge in [0.25, 0.3) is 5.97 Å². The molecule has 12 atom stereocenters. The molecule has 4 aliphatic heterocycles. The second-order valence-corrected chi connectivity index (χ2v) is 13.8. The van der Waals surface area contributed by atoms with Crippen LogP contribution in [0, 0.1) is 35.0 Å². The minimum absolute atomic E-state index is 0.0106. The Morgan fingerprint density at radius 2 is 1.81 bits per heavy atom. The van der Waals surface area contributed by atoms with E-state index in [2.05, 4.69) is 41.5 Å². The van der Waals surface area contributed by atoms with Gasteiger partial charge in [0.1, 0.15) is 17.3 Å². The Kier molecular flexibility index (Phi) is 4.51. The summed E-state index contributed by atoms with van der Waals surface area (Å²) in [5.41, 5.74) is -0.787. The first kappa shape index (κ1) is 23.8. The lowest BCUT2D eigenvalue weighted by atomic mass is 9.53. The molecule has 7 aliphatic rings. The van der Waals surface area contributed by atoms with Crippen molar-refractivity contribution >= 4 is 11.8 Å². The predicted octanol–water partition coefficient (Wildman–Crippen LogP) is 4.32. The fourth-order valence-electron chi connectivity index (χ4n) is 9.58. The summed E-state index contributed by atoms with van der Waals surface area (Å²) in [5.74, 6) is -0.121. The molecule has 2 saturated carbocycles. The molecule has 7 nitrogen and oxygen atoms in total. The van der Waals surface area contributed by atoms with Crippen LogP contribution < -0.4 is 0 Å². The highest BCUT2D eigenvalue weighted by Gasteiger charge is 2.74. The maximum Gasteiger partial charge on any atom is 0.306 e. The van der Waals surface area contributed by atoms with Crippen molar-refractivity contribution in [2.45, 2.75) is 122 Å². The Morgan fingerprint density at radius 1 is 1.06 bits per heavy atom. The number of carbonyl (C=O) groups excluding carboxylic acids is 2. The fraction of sp³-hybridized carbons (Fsp3) is 0.862. The van der Waals surface area contributed by atoms with Crippen LogP contribution in [0.25, 0.3) is 0 Å². The summed E-state index contributed by atoms with van der Waals surface area (Å²) < 4.78 is 31.2. The first-order valence-corrected chi connectivity index (χ1v) is 14.0. The Balaban J connectivity index is 1.20. The topological polar surface area (TPSA) is 83.6 Å². The van der Waals surface area contributed by atoms with Crippen LogP contribution in [0.1, 0.15) is 80.6 Å². The lowest BCUT2D eigenvalue weighted by Gasteiger charge is -2.51. The van der Waals surface area contributed by atoms with Crippen LogP contribution in [0.4, 0.5) is 0 Å². The van der Waals surface area contributed by atoms with Crippen LogP contribution >= 0.6 is 0 Å². The first-order valence-electron chi connectivity index (χ1n) is 14.0. The summed E-state index contributed by atoms with van der Waals surface area (Å²) in [7, 11) is 0. The first-order chi connectivity index (χ1) is 16.7. The molecule has 4 saturated heterocycles.